The van der Waals surface area contributed by atoms with Crippen molar-refractivity contribution in [3.63, 3.8) is 0 Å². The summed E-state index contributed by atoms with van der Waals surface area (Å²) in [6.07, 6.45) is 0. The number of nitrogen functional groups attached to an aromatic ring is 1. The number of carbonyl (C=O) groups excluding carboxylic acids is 1. The Kier molecular flexibility index (Phi) is 4.99. The Morgan fingerprint density at radius 1 is 0.818 bits per heavy atom. The van der Waals surface area contributed by atoms with Gasteiger partial charge in [-0.25, -0.2) is 10.2 Å². The van der Waals surface area contributed by atoms with Gasteiger partial charge in [0.1, 0.15) is 5.82 Å². The molecule has 164 valence electrons. The first-order chi connectivity index (χ1) is 15.9. The number of hydrogen-bond donors (Lipinski definition) is 2. The van der Waals surface area contributed by atoms with Crippen LogP contribution in [0.15, 0.2) is 91.0 Å². The van der Waals surface area contributed by atoms with Crippen LogP contribution in [0.2, 0.25) is 0 Å². The molecule has 4 nitrogen and oxygen atoms in total. The smallest absolute Gasteiger partial charge is 0.265 e. The minimum Gasteiger partial charge on any atom is -0.310 e. The number of fused-ring (bicyclic) bond motifs is 3. The highest BCUT2D eigenvalue weighted by Gasteiger charge is 2.38. The Bertz CT molecular complexity index is 1310. The van der Waals surface area contributed by atoms with Gasteiger partial charge in [-0.15, -0.1) is 0 Å². The molecule has 0 aliphatic heterocycles. The van der Waals surface area contributed by atoms with Crippen LogP contribution < -0.4 is 16.2 Å². The summed E-state index contributed by atoms with van der Waals surface area (Å²) < 4.78 is 15.8. The third-order valence-corrected chi connectivity index (χ3v) is 6.39. The van der Waals surface area contributed by atoms with Gasteiger partial charge < -0.3 is 4.90 Å². The van der Waals surface area contributed by atoms with E-state index in [0.717, 1.165) is 33.8 Å². The Morgan fingerprint density at radius 3 is 2.00 bits per heavy atom. The van der Waals surface area contributed by atoms with Gasteiger partial charge in [-0.05, 0) is 65.2 Å². The summed E-state index contributed by atoms with van der Waals surface area (Å²) in [6, 6.07) is 28.8. The summed E-state index contributed by atoms with van der Waals surface area (Å²) in [5.74, 6) is 4.66. The van der Waals surface area contributed by atoms with E-state index >= 15 is 4.39 Å². The predicted molar refractivity (Wildman–Crippen MR) is 130 cm³/mol. The van der Waals surface area contributed by atoms with Gasteiger partial charge in [-0.1, -0.05) is 56.3 Å². The molecule has 0 atom stereocenters. The number of benzene rings is 4. The molecule has 0 spiro atoms. The summed E-state index contributed by atoms with van der Waals surface area (Å²) in [5.41, 5.74) is 7.93. The van der Waals surface area contributed by atoms with E-state index in [2.05, 4.69) is 30.2 Å². The number of nitrogens with two attached hydrogens (primary N) is 1. The molecular formula is C28H24FN3O. The van der Waals surface area contributed by atoms with Gasteiger partial charge in [0.05, 0.1) is 0 Å². The number of rotatable bonds is 4. The second-order valence-electron chi connectivity index (χ2n) is 8.72. The molecule has 33 heavy (non-hydrogen) atoms. The fraction of sp³-hybridized carbons (Fsp3) is 0.107. The Labute approximate surface area is 192 Å². The van der Waals surface area contributed by atoms with Crippen LogP contribution in [0.1, 0.15) is 35.3 Å². The fourth-order valence-corrected chi connectivity index (χ4v) is 4.74. The molecule has 0 saturated carbocycles. The number of carbonyl (C=O) groups is 1. The van der Waals surface area contributed by atoms with Gasteiger partial charge in [-0.3, -0.25) is 10.2 Å². The molecule has 5 rings (SSSR count). The quantitative estimate of drug-likeness (QED) is 0.227. The molecule has 1 aliphatic carbocycles. The monoisotopic (exact) mass is 437 g/mol. The largest absolute Gasteiger partial charge is 0.310 e. The highest BCUT2D eigenvalue weighted by Crippen LogP contribution is 2.52. The average molecular weight is 438 g/mol. The maximum atomic E-state index is 15.8. The predicted octanol–water partition coefficient (Wildman–Crippen LogP) is 6.21. The maximum Gasteiger partial charge on any atom is 0.265 e. The van der Waals surface area contributed by atoms with Crippen LogP contribution in [0.5, 0.6) is 0 Å². The summed E-state index contributed by atoms with van der Waals surface area (Å²) >= 11 is 0. The van der Waals surface area contributed by atoms with Crippen LogP contribution in [0.3, 0.4) is 0 Å². The summed E-state index contributed by atoms with van der Waals surface area (Å²) in [5, 5.41) is 0. The van der Waals surface area contributed by atoms with Crippen molar-refractivity contribution in [2.75, 3.05) is 4.90 Å². The molecule has 0 heterocycles. The Balaban J connectivity index is 1.70. The van der Waals surface area contributed by atoms with Crippen molar-refractivity contribution in [1.82, 2.24) is 5.43 Å². The van der Waals surface area contributed by atoms with Crippen LogP contribution >= 0.6 is 0 Å². The molecule has 4 aromatic rings. The number of hydrogen-bond acceptors (Lipinski definition) is 3. The second kappa shape index (κ2) is 7.87. The van der Waals surface area contributed by atoms with Crippen molar-refractivity contribution in [2.45, 2.75) is 19.3 Å². The van der Waals surface area contributed by atoms with Crippen LogP contribution in [0.25, 0.3) is 11.1 Å². The standard InChI is InChI=1S/C28H24FN3O/c1-28(2)23-15-18(27(33)31-30)13-14-22(23)26-24(28)16-21(17-25(26)29)32(19-9-5-3-6-10-19)20-11-7-4-8-12-20/h3-17H,30H2,1-2H3,(H,31,33). The molecule has 5 heteroatoms. The van der Waals surface area contributed by atoms with Crippen LogP contribution in [-0.4, -0.2) is 5.91 Å². The number of halogens is 1. The van der Waals surface area contributed by atoms with Gasteiger partial charge in [0.2, 0.25) is 0 Å². The topological polar surface area (TPSA) is 58.4 Å². The van der Waals surface area contributed by atoms with E-state index in [1.807, 2.05) is 72.8 Å². The maximum absolute atomic E-state index is 15.8. The first-order valence-electron chi connectivity index (χ1n) is 10.8. The summed E-state index contributed by atoms with van der Waals surface area (Å²) in [4.78, 5) is 14.2. The molecule has 3 N–H and O–H groups in total. The van der Waals surface area contributed by atoms with Crippen LogP contribution in [0, 0.1) is 5.82 Å². The zero-order valence-corrected chi connectivity index (χ0v) is 18.5. The van der Waals surface area contributed by atoms with E-state index in [4.69, 9.17) is 5.84 Å². The van der Waals surface area contributed by atoms with Crippen molar-refractivity contribution >= 4 is 23.0 Å². The molecular weight excluding hydrogens is 413 g/mol. The average Bonchev–Trinajstić information content (AvgIpc) is 3.07. The van der Waals surface area contributed by atoms with E-state index in [1.54, 1.807) is 12.1 Å². The van der Waals surface area contributed by atoms with Gasteiger partial charge in [0, 0.05) is 33.6 Å². The number of anilines is 3. The molecule has 0 bridgehead atoms. The van der Waals surface area contributed by atoms with Gasteiger partial charge in [0.25, 0.3) is 5.91 Å². The van der Waals surface area contributed by atoms with Crippen LogP contribution in [0.4, 0.5) is 21.5 Å². The number of nitrogens with zero attached hydrogens (tertiary/aromatic N) is 1. The summed E-state index contributed by atoms with van der Waals surface area (Å²) in [6.45, 7) is 4.11. The summed E-state index contributed by atoms with van der Waals surface area (Å²) in [7, 11) is 0. The zero-order valence-electron chi connectivity index (χ0n) is 18.5. The second-order valence-corrected chi connectivity index (χ2v) is 8.72. The molecule has 0 fully saturated rings. The fourth-order valence-electron chi connectivity index (χ4n) is 4.74. The lowest BCUT2D eigenvalue weighted by Gasteiger charge is -2.28. The molecule has 0 saturated heterocycles. The number of nitrogens with one attached hydrogen (secondary N) is 1. The van der Waals surface area contributed by atoms with Gasteiger partial charge in [0.15, 0.2) is 0 Å². The minimum atomic E-state index is -0.495. The number of amides is 1. The van der Waals surface area contributed by atoms with E-state index in [-0.39, 0.29) is 11.7 Å². The lowest BCUT2D eigenvalue weighted by Crippen LogP contribution is -2.30. The van der Waals surface area contributed by atoms with Gasteiger partial charge in [-0.2, -0.15) is 0 Å². The highest BCUT2D eigenvalue weighted by atomic mass is 19.1. The highest BCUT2D eigenvalue weighted by molar-refractivity contribution is 5.96. The molecule has 0 radical (unpaired) electrons. The van der Waals surface area contributed by atoms with E-state index in [0.29, 0.717) is 11.1 Å². The number of hydrazine groups is 1. The van der Waals surface area contributed by atoms with Gasteiger partial charge >= 0.3 is 0 Å². The van der Waals surface area contributed by atoms with E-state index in [1.165, 1.54) is 0 Å². The van der Waals surface area contributed by atoms with Crippen molar-refractivity contribution in [2.24, 2.45) is 5.84 Å². The molecule has 1 aliphatic rings. The third kappa shape index (κ3) is 3.38. The SMILES string of the molecule is CC1(C)c2cc(C(=O)NN)ccc2-c2c(F)cc(N(c3ccccc3)c3ccccc3)cc21. The molecule has 0 aromatic heterocycles. The normalized spacial score (nSPS) is 13.2. The van der Waals surface area contributed by atoms with E-state index in [9.17, 15) is 4.79 Å². The molecule has 0 unspecified atom stereocenters. The Hall–Kier alpha value is -3.96. The molecule has 4 aromatic carbocycles. The Morgan fingerprint density at radius 2 is 1.42 bits per heavy atom. The van der Waals surface area contributed by atoms with Crippen molar-refractivity contribution in [1.29, 1.82) is 0 Å². The zero-order chi connectivity index (χ0) is 23.2. The minimum absolute atomic E-state index is 0.290. The van der Waals surface area contributed by atoms with Crippen LogP contribution in [-0.2, 0) is 5.41 Å². The molecule has 1 amide bonds. The first kappa shape index (κ1) is 20.9. The third-order valence-electron chi connectivity index (χ3n) is 6.39. The van der Waals surface area contributed by atoms with E-state index < -0.39 is 5.41 Å². The van der Waals surface area contributed by atoms with Crippen molar-refractivity contribution < 1.29 is 9.18 Å². The lowest BCUT2D eigenvalue weighted by atomic mass is 9.81. The number of para-hydroxylation sites is 2. The van der Waals surface area contributed by atoms with Crippen molar-refractivity contribution in [3.8, 4) is 11.1 Å². The lowest BCUT2D eigenvalue weighted by molar-refractivity contribution is 0.0953. The first-order valence-corrected chi connectivity index (χ1v) is 10.8. The van der Waals surface area contributed by atoms with Crippen molar-refractivity contribution in [3.05, 3.63) is 114 Å².